The largest absolute Gasteiger partial charge is 0.172 e. The quantitative estimate of drug-likeness (QED) is 0.131. The monoisotopic (exact) mass is 582 g/mol. The van der Waals surface area contributed by atoms with Gasteiger partial charge in [0.05, 0.1) is 23.1 Å². The molecular formula is C30H38N4S4. The number of nitrogens with zero attached hydrogens (tertiary/aromatic N) is 4. The molecule has 0 radical (unpaired) electrons. The highest BCUT2D eigenvalue weighted by atomic mass is 32.1. The smallest absolute Gasteiger partial charge is 0.116 e. The molecule has 0 spiro atoms. The van der Waals surface area contributed by atoms with Gasteiger partial charge in [-0.1, -0.05) is 79.1 Å². The van der Waals surface area contributed by atoms with Crippen LogP contribution in [0.3, 0.4) is 0 Å². The van der Waals surface area contributed by atoms with Gasteiger partial charge in [-0.3, -0.25) is 0 Å². The fourth-order valence-electron chi connectivity index (χ4n) is 5.51. The molecule has 38 heavy (non-hydrogen) atoms. The standard InChI is InChI=1S/C30H38N4S4/c1-5-9-11-19(7-3)13-21-15-23(35-17-21)25-27-29(33-37-31-27)26(30-28(25)32-38-34-30)24-16-22(18-36-24)14-20(8-4)12-10-6-2/h15-20H,5-14H2,1-4H3. The fraction of sp³-hybridized carbons (Fsp3) is 0.533. The van der Waals surface area contributed by atoms with Gasteiger partial charge in [-0.2, -0.15) is 17.5 Å². The molecule has 0 saturated carbocycles. The Morgan fingerprint density at radius 3 is 1.58 bits per heavy atom. The summed E-state index contributed by atoms with van der Waals surface area (Å²) in [5.74, 6) is 1.51. The molecule has 0 N–H and O–H groups in total. The van der Waals surface area contributed by atoms with E-state index in [1.54, 1.807) is 0 Å². The van der Waals surface area contributed by atoms with Gasteiger partial charge in [0.15, 0.2) is 0 Å². The van der Waals surface area contributed by atoms with E-state index in [9.17, 15) is 0 Å². The zero-order chi connectivity index (χ0) is 26.5. The van der Waals surface area contributed by atoms with Gasteiger partial charge in [0, 0.05) is 20.9 Å². The SMILES string of the molecule is CCCCC(CC)Cc1csc(-c2c3c(c(-c4cc(CC(CC)CCCC)cs4)c4nsnc24)N=S=N3)c1. The van der Waals surface area contributed by atoms with Crippen molar-refractivity contribution in [2.24, 2.45) is 20.6 Å². The Morgan fingerprint density at radius 1 is 0.684 bits per heavy atom. The van der Waals surface area contributed by atoms with Crippen LogP contribution in [0.25, 0.3) is 31.9 Å². The minimum Gasteiger partial charge on any atom is -0.172 e. The Labute approximate surface area is 243 Å². The summed E-state index contributed by atoms with van der Waals surface area (Å²) in [6.45, 7) is 9.22. The van der Waals surface area contributed by atoms with Crippen LogP contribution < -0.4 is 0 Å². The molecule has 4 heterocycles. The van der Waals surface area contributed by atoms with Gasteiger partial charge >= 0.3 is 0 Å². The van der Waals surface area contributed by atoms with Gasteiger partial charge < -0.3 is 0 Å². The first-order valence-corrected chi connectivity index (χ1v) is 17.4. The van der Waals surface area contributed by atoms with Crippen molar-refractivity contribution in [1.82, 2.24) is 8.75 Å². The molecule has 4 nitrogen and oxygen atoms in total. The predicted octanol–water partition coefficient (Wildman–Crippen LogP) is 11.4. The highest BCUT2D eigenvalue weighted by molar-refractivity contribution is 7.58. The molecule has 0 fully saturated rings. The lowest BCUT2D eigenvalue weighted by atomic mass is 9.92. The molecule has 2 atom stereocenters. The van der Waals surface area contributed by atoms with Crippen LogP contribution in [0.1, 0.15) is 90.2 Å². The molecule has 202 valence electrons. The Morgan fingerprint density at radius 2 is 1.16 bits per heavy atom. The van der Waals surface area contributed by atoms with E-state index in [0.717, 1.165) is 58.2 Å². The molecular weight excluding hydrogens is 545 g/mol. The molecule has 8 heteroatoms. The average molecular weight is 583 g/mol. The number of hydrogen-bond donors (Lipinski definition) is 0. The first kappa shape index (κ1) is 27.8. The van der Waals surface area contributed by atoms with E-state index in [0.29, 0.717) is 0 Å². The molecule has 1 aromatic carbocycles. The average Bonchev–Trinajstić information content (AvgIpc) is 3.75. The Kier molecular flexibility index (Phi) is 9.57. The number of thiophene rings is 2. The third-order valence-electron chi connectivity index (χ3n) is 7.86. The molecule has 3 aromatic heterocycles. The Balaban J connectivity index is 1.49. The summed E-state index contributed by atoms with van der Waals surface area (Å²) < 4.78 is 19.3. The Hall–Kier alpha value is -1.74. The number of unbranched alkanes of at least 4 members (excludes halogenated alkanes) is 2. The number of rotatable bonds is 14. The van der Waals surface area contributed by atoms with Gasteiger partial charge in [0.1, 0.15) is 22.4 Å². The summed E-state index contributed by atoms with van der Waals surface area (Å²) in [6.07, 6.45) is 12.6. The molecule has 0 aliphatic carbocycles. The highest BCUT2D eigenvalue weighted by Crippen LogP contribution is 2.53. The number of benzene rings is 1. The molecule has 0 saturated heterocycles. The van der Waals surface area contributed by atoms with E-state index >= 15 is 0 Å². The topological polar surface area (TPSA) is 50.5 Å². The van der Waals surface area contributed by atoms with Crippen LogP contribution in [0.15, 0.2) is 31.6 Å². The van der Waals surface area contributed by atoms with Crippen LogP contribution in [0.5, 0.6) is 0 Å². The maximum atomic E-state index is 4.82. The fourth-order valence-corrected chi connectivity index (χ4v) is 8.57. The van der Waals surface area contributed by atoms with Gasteiger partial charge in [-0.25, -0.2) is 0 Å². The maximum Gasteiger partial charge on any atom is 0.116 e. The third kappa shape index (κ3) is 5.88. The first-order chi connectivity index (χ1) is 18.7. The van der Waals surface area contributed by atoms with Crippen LogP contribution >= 0.6 is 34.4 Å². The summed E-state index contributed by atoms with van der Waals surface area (Å²) in [5, 5.41) is 4.67. The molecule has 0 amide bonds. The van der Waals surface area contributed by atoms with Crippen molar-refractivity contribution in [2.75, 3.05) is 0 Å². The molecule has 4 aromatic rings. The summed E-state index contributed by atoms with van der Waals surface area (Å²) in [5.41, 5.74) is 8.98. The lowest BCUT2D eigenvalue weighted by Crippen LogP contribution is -2.02. The summed E-state index contributed by atoms with van der Waals surface area (Å²) in [4.78, 5) is 2.47. The maximum absolute atomic E-state index is 4.82. The van der Waals surface area contributed by atoms with Crippen molar-refractivity contribution < 1.29 is 0 Å². The number of hydrogen-bond acceptors (Lipinski definition) is 7. The van der Waals surface area contributed by atoms with Gasteiger partial charge in [-0.05, 0) is 58.7 Å². The van der Waals surface area contributed by atoms with E-state index in [4.69, 9.17) is 17.5 Å². The van der Waals surface area contributed by atoms with Crippen molar-refractivity contribution in [3.63, 3.8) is 0 Å². The van der Waals surface area contributed by atoms with Crippen molar-refractivity contribution >= 4 is 68.2 Å². The van der Waals surface area contributed by atoms with Crippen LogP contribution in [0.2, 0.25) is 0 Å². The van der Waals surface area contributed by atoms with Crippen LogP contribution in [-0.4, -0.2) is 8.75 Å². The molecule has 5 rings (SSSR count). The van der Waals surface area contributed by atoms with Crippen LogP contribution in [0.4, 0.5) is 11.4 Å². The predicted molar refractivity (Wildman–Crippen MR) is 170 cm³/mol. The van der Waals surface area contributed by atoms with Crippen molar-refractivity contribution in [3.8, 4) is 20.9 Å². The van der Waals surface area contributed by atoms with Crippen molar-refractivity contribution in [1.29, 1.82) is 0 Å². The van der Waals surface area contributed by atoms with E-state index in [-0.39, 0.29) is 0 Å². The molecule has 2 unspecified atom stereocenters. The zero-order valence-electron chi connectivity index (χ0n) is 23.0. The van der Waals surface area contributed by atoms with Gasteiger partial charge in [0.2, 0.25) is 0 Å². The molecule has 0 bridgehead atoms. The lowest BCUT2D eigenvalue weighted by Gasteiger charge is -2.13. The molecule has 1 aliphatic heterocycles. The summed E-state index contributed by atoms with van der Waals surface area (Å²) in [6, 6.07) is 4.74. The minimum atomic E-state index is 0.754. The van der Waals surface area contributed by atoms with Crippen molar-refractivity contribution in [3.05, 3.63) is 34.0 Å². The number of aromatic nitrogens is 2. The van der Waals surface area contributed by atoms with E-state index in [1.807, 2.05) is 22.7 Å². The zero-order valence-corrected chi connectivity index (χ0v) is 26.2. The van der Waals surface area contributed by atoms with Crippen LogP contribution in [0, 0.1) is 11.8 Å². The highest BCUT2D eigenvalue weighted by Gasteiger charge is 2.27. The summed E-state index contributed by atoms with van der Waals surface area (Å²) in [7, 11) is 0. The van der Waals surface area contributed by atoms with E-state index in [1.165, 1.54) is 95.3 Å². The summed E-state index contributed by atoms with van der Waals surface area (Å²) >= 11 is 6.23. The second-order valence-corrected chi connectivity index (χ2v) is 13.4. The van der Waals surface area contributed by atoms with Gasteiger partial charge in [0.25, 0.3) is 0 Å². The Bertz CT molecular complexity index is 1340. The van der Waals surface area contributed by atoms with E-state index in [2.05, 4.69) is 50.6 Å². The van der Waals surface area contributed by atoms with E-state index < -0.39 is 0 Å². The van der Waals surface area contributed by atoms with Crippen molar-refractivity contribution in [2.45, 2.75) is 91.9 Å². The normalized spacial score (nSPS) is 14.2. The molecule has 1 aliphatic rings. The third-order valence-corrected chi connectivity index (χ3v) is 10.9. The number of fused-ring (bicyclic) bond motifs is 2. The first-order valence-electron chi connectivity index (χ1n) is 14.2. The second kappa shape index (κ2) is 13.1. The minimum absolute atomic E-state index is 0.754. The van der Waals surface area contributed by atoms with Crippen LogP contribution in [-0.2, 0) is 24.2 Å². The second-order valence-electron chi connectivity index (χ2n) is 10.6. The lowest BCUT2D eigenvalue weighted by molar-refractivity contribution is 0.449. The van der Waals surface area contributed by atoms with Gasteiger partial charge in [-0.15, -0.1) is 22.7 Å².